The normalized spacial score (nSPS) is 10.5. The zero-order chi connectivity index (χ0) is 15.7. The van der Waals surface area contributed by atoms with Crippen molar-refractivity contribution in [3.8, 4) is 0 Å². The van der Waals surface area contributed by atoms with E-state index in [9.17, 15) is 9.59 Å². The van der Waals surface area contributed by atoms with Crippen molar-refractivity contribution in [2.45, 2.75) is 0 Å². The molecule has 0 fully saturated rings. The maximum absolute atomic E-state index is 10.7. The van der Waals surface area contributed by atoms with Gasteiger partial charge < -0.3 is 31.4 Å². The third-order valence-corrected chi connectivity index (χ3v) is 3.08. The van der Waals surface area contributed by atoms with E-state index < -0.39 is 0 Å². The minimum atomic E-state index is -0.203. The van der Waals surface area contributed by atoms with Gasteiger partial charge in [-0.15, -0.1) is 0 Å². The van der Waals surface area contributed by atoms with Gasteiger partial charge in [-0.25, -0.2) is 9.59 Å². The van der Waals surface area contributed by atoms with Crippen molar-refractivity contribution in [3.05, 3.63) is 57.4 Å². The van der Waals surface area contributed by atoms with Crippen LogP contribution in [0.4, 0.5) is 11.4 Å². The summed E-state index contributed by atoms with van der Waals surface area (Å²) in [6.45, 7) is 0. The van der Waals surface area contributed by atoms with Crippen molar-refractivity contribution >= 4 is 33.4 Å². The van der Waals surface area contributed by atoms with Crippen molar-refractivity contribution in [2.75, 3.05) is 11.5 Å². The van der Waals surface area contributed by atoms with Gasteiger partial charge in [0.2, 0.25) is 0 Å². The summed E-state index contributed by atoms with van der Waals surface area (Å²) in [6.07, 6.45) is 0. The fourth-order valence-electron chi connectivity index (χ4n) is 2.10. The first-order chi connectivity index (χ1) is 10.5. The van der Waals surface area contributed by atoms with E-state index in [1.54, 1.807) is 36.4 Å². The van der Waals surface area contributed by atoms with Crippen LogP contribution in [-0.2, 0) is 0 Å². The van der Waals surface area contributed by atoms with Crippen LogP contribution < -0.4 is 22.8 Å². The third-order valence-electron chi connectivity index (χ3n) is 3.08. The van der Waals surface area contributed by atoms with Gasteiger partial charge in [-0.3, -0.25) is 0 Å². The summed E-state index contributed by atoms with van der Waals surface area (Å²) in [5.41, 5.74) is 14.9. The van der Waals surface area contributed by atoms with Crippen LogP contribution in [0.1, 0.15) is 0 Å². The maximum atomic E-state index is 10.7. The van der Waals surface area contributed by atoms with E-state index in [2.05, 4.69) is 19.9 Å². The van der Waals surface area contributed by atoms with Crippen LogP contribution in [0, 0.1) is 0 Å². The SMILES string of the molecule is Nc1ccc2[nH]c(=O)[nH]c2c1.Nc1ccc2[nH]c(=O)[nH]c2c1. The average Bonchev–Trinajstić information content (AvgIpc) is 2.99. The lowest BCUT2D eigenvalue weighted by atomic mass is 10.3. The van der Waals surface area contributed by atoms with Gasteiger partial charge >= 0.3 is 11.4 Å². The Morgan fingerprint density at radius 2 is 0.955 bits per heavy atom. The molecule has 112 valence electrons. The Labute approximate surface area is 123 Å². The van der Waals surface area contributed by atoms with Gasteiger partial charge in [0.25, 0.3) is 0 Å². The lowest BCUT2D eigenvalue weighted by molar-refractivity contribution is 1.21. The Balaban J connectivity index is 0.000000131. The van der Waals surface area contributed by atoms with Crippen molar-refractivity contribution in [1.29, 1.82) is 0 Å². The highest BCUT2D eigenvalue weighted by molar-refractivity contribution is 5.78. The van der Waals surface area contributed by atoms with Crippen molar-refractivity contribution in [2.24, 2.45) is 0 Å². The first kappa shape index (κ1) is 13.6. The van der Waals surface area contributed by atoms with Gasteiger partial charge in [0.1, 0.15) is 0 Å². The first-order valence-corrected chi connectivity index (χ1v) is 6.46. The zero-order valence-corrected chi connectivity index (χ0v) is 11.4. The highest BCUT2D eigenvalue weighted by Gasteiger charge is 1.96. The second kappa shape index (κ2) is 5.17. The van der Waals surface area contributed by atoms with Gasteiger partial charge in [0, 0.05) is 11.4 Å². The second-order valence-corrected chi connectivity index (χ2v) is 4.77. The monoisotopic (exact) mass is 298 g/mol. The van der Waals surface area contributed by atoms with Crippen LogP contribution >= 0.6 is 0 Å². The molecule has 2 heterocycles. The number of aromatic nitrogens is 4. The molecule has 0 aliphatic heterocycles. The molecule has 0 radical (unpaired) electrons. The van der Waals surface area contributed by atoms with Gasteiger partial charge in [-0.1, -0.05) is 0 Å². The van der Waals surface area contributed by atoms with E-state index in [-0.39, 0.29) is 11.4 Å². The first-order valence-electron chi connectivity index (χ1n) is 6.46. The summed E-state index contributed by atoms with van der Waals surface area (Å²) in [6, 6.07) is 10.4. The van der Waals surface area contributed by atoms with Crippen LogP contribution in [-0.4, -0.2) is 19.9 Å². The molecule has 0 bridgehead atoms. The molecule has 2 aromatic heterocycles. The van der Waals surface area contributed by atoms with Gasteiger partial charge in [-0.2, -0.15) is 0 Å². The van der Waals surface area contributed by atoms with Crippen LogP contribution in [0.5, 0.6) is 0 Å². The molecule has 0 amide bonds. The topological polar surface area (TPSA) is 149 Å². The molecule has 0 atom stereocenters. The molecule has 22 heavy (non-hydrogen) atoms. The summed E-state index contributed by atoms with van der Waals surface area (Å²) in [7, 11) is 0. The van der Waals surface area contributed by atoms with E-state index in [0.717, 1.165) is 22.1 Å². The van der Waals surface area contributed by atoms with Gasteiger partial charge in [0.05, 0.1) is 22.1 Å². The largest absolute Gasteiger partial charge is 0.399 e. The molecule has 0 unspecified atom stereocenters. The molecular weight excluding hydrogens is 284 g/mol. The predicted molar refractivity (Wildman–Crippen MR) is 86.7 cm³/mol. The van der Waals surface area contributed by atoms with Crippen LogP contribution in [0.2, 0.25) is 0 Å². The highest BCUT2D eigenvalue weighted by atomic mass is 16.1. The summed E-state index contributed by atoms with van der Waals surface area (Å²) < 4.78 is 0. The molecule has 4 rings (SSSR count). The number of nitrogens with two attached hydrogens (primary N) is 2. The Hall–Kier alpha value is -3.42. The zero-order valence-electron chi connectivity index (χ0n) is 11.4. The average molecular weight is 298 g/mol. The Morgan fingerprint density at radius 1 is 0.591 bits per heavy atom. The molecule has 2 aromatic carbocycles. The van der Waals surface area contributed by atoms with E-state index in [0.29, 0.717) is 11.4 Å². The fourth-order valence-corrected chi connectivity index (χ4v) is 2.10. The second-order valence-electron chi connectivity index (χ2n) is 4.77. The van der Waals surface area contributed by atoms with Crippen LogP contribution in [0.15, 0.2) is 46.0 Å². The number of fused-ring (bicyclic) bond motifs is 2. The number of hydrogen-bond acceptors (Lipinski definition) is 4. The quantitative estimate of drug-likeness (QED) is 0.267. The number of H-pyrrole nitrogens is 4. The van der Waals surface area contributed by atoms with Crippen LogP contribution in [0.3, 0.4) is 0 Å². The summed E-state index contributed by atoms with van der Waals surface area (Å²) >= 11 is 0. The van der Waals surface area contributed by atoms with Crippen molar-refractivity contribution < 1.29 is 0 Å². The summed E-state index contributed by atoms with van der Waals surface area (Å²) in [5, 5.41) is 0. The third kappa shape index (κ3) is 2.70. The molecular formula is C14H14N6O2. The molecule has 8 heteroatoms. The molecule has 4 aromatic rings. The lowest BCUT2D eigenvalue weighted by Gasteiger charge is -1.89. The molecule has 0 saturated heterocycles. The molecule has 0 aliphatic carbocycles. The van der Waals surface area contributed by atoms with Crippen molar-refractivity contribution in [3.63, 3.8) is 0 Å². The minimum Gasteiger partial charge on any atom is -0.399 e. The lowest BCUT2D eigenvalue weighted by Crippen LogP contribution is -1.99. The number of nitrogen functional groups attached to an aromatic ring is 2. The molecule has 0 saturated carbocycles. The molecule has 0 spiro atoms. The summed E-state index contributed by atoms with van der Waals surface area (Å²) in [4.78, 5) is 32.0. The standard InChI is InChI=1S/2C7H7N3O/c2*8-4-1-2-5-6(3-4)10-7(11)9-5/h2*1-3H,8H2,(H2,9,10,11). The number of rotatable bonds is 0. The Bertz CT molecular complexity index is 966. The van der Waals surface area contributed by atoms with Crippen molar-refractivity contribution in [1.82, 2.24) is 19.9 Å². The number of imidazole rings is 2. The summed E-state index contributed by atoms with van der Waals surface area (Å²) in [5.74, 6) is 0. The highest BCUT2D eigenvalue weighted by Crippen LogP contribution is 2.11. The van der Waals surface area contributed by atoms with Gasteiger partial charge in [0.15, 0.2) is 0 Å². The van der Waals surface area contributed by atoms with Gasteiger partial charge in [-0.05, 0) is 36.4 Å². The Kier molecular flexibility index (Phi) is 3.18. The fraction of sp³-hybridized carbons (Fsp3) is 0. The number of hydrogen-bond donors (Lipinski definition) is 6. The number of anilines is 2. The number of aromatic amines is 4. The molecule has 8 nitrogen and oxygen atoms in total. The van der Waals surface area contributed by atoms with E-state index in [4.69, 9.17) is 11.5 Å². The van der Waals surface area contributed by atoms with E-state index in [1.165, 1.54) is 0 Å². The number of benzene rings is 2. The van der Waals surface area contributed by atoms with E-state index >= 15 is 0 Å². The Morgan fingerprint density at radius 3 is 1.36 bits per heavy atom. The predicted octanol–water partition coefficient (Wildman–Crippen LogP) is 0.877. The van der Waals surface area contributed by atoms with Crippen LogP contribution in [0.25, 0.3) is 22.1 Å². The molecule has 8 N–H and O–H groups in total. The molecule has 0 aliphatic rings. The maximum Gasteiger partial charge on any atom is 0.323 e. The number of nitrogens with one attached hydrogen (secondary N) is 4. The smallest absolute Gasteiger partial charge is 0.323 e. The minimum absolute atomic E-state index is 0.203. The van der Waals surface area contributed by atoms with E-state index in [1.807, 2.05) is 0 Å².